The molecule has 0 spiro atoms. The van der Waals surface area contributed by atoms with Gasteiger partial charge in [0.1, 0.15) is 18.6 Å². The van der Waals surface area contributed by atoms with Crippen molar-refractivity contribution in [1.29, 1.82) is 0 Å². The first kappa shape index (κ1) is 16.4. The van der Waals surface area contributed by atoms with E-state index in [-0.39, 0.29) is 18.4 Å². The van der Waals surface area contributed by atoms with Crippen LogP contribution in [0.25, 0.3) is 10.8 Å². The lowest BCUT2D eigenvalue weighted by molar-refractivity contribution is -0.133. The molecule has 134 valence electrons. The van der Waals surface area contributed by atoms with Crippen molar-refractivity contribution in [3.63, 3.8) is 0 Å². The Hall–Kier alpha value is -3.08. The van der Waals surface area contributed by atoms with E-state index in [1.54, 1.807) is 27.5 Å². The molecule has 1 fully saturated rings. The van der Waals surface area contributed by atoms with Crippen molar-refractivity contribution in [2.24, 2.45) is 0 Å². The highest BCUT2D eigenvalue weighted by molar-refractivity contribution is 7.13. The molecule has 11 heteroatoms. The van der Waals surface area contributed by atoms with Gasteiger partial charge in [-0.05, 0) is 22.6 Å². The van der Waals surface area contributed by atoms with Crippen LogP contribution in [0.1, 0.15) is 10.5 Å². The standard InChI is InChI=1S/C15H15N7O3S/c23-13(8-22-10-16-18-19-22)20-3-5-21(6-4-20)15(24)11-9-26-14(17-11)12-2-1-7-25-12/h1-2,7,9-10H,3-6,8H2. The highest BCUT2D eigenvalue weighted by Crippen LogP contribution is 2.24. The van der Waals surface area contributed by atoms with E-state index in [1.165, 1.54) is 22.3 Å². The van der Waals surface area contributed by atoms with Crippen LogP contribution in [-0.2, 0) is 11.3 Å². The molecule has 1 saturated heterocycles. The van der Waals surface area contributed by atoms with Crippen molar-refractivity contribution in [2.45, 2.75) is 6.54 Å². The Labute approximate surface area is 152 Å². The van der Waals surface area contributed by atoms with E-state index in [1.807, 2.05) is 6.07 Å². The third-order valence-corrected chi connectivity index (χ3v) is 4.92. The van der Waals surface area contributed by atoms with Crippen molar-refractivity contribution in [3.05, 3.63) is 35.8 Å². The average Bonchev–Trinajstić information content (AvgIpc) is 3.42. The summed E-state index contributed by atoms with van der Waals surface area (Å²) in [6.07, 6.45) is 2.97. The molecule has 10 nitrogen and oxygen atoms in total. The summed E-state index contributed by atoms with van der Waals surface area (Å²) in [6.45, 7) is 1.98. The molecule has 0 atom stereocenters. The van der Waals surface area contributed by atoms with Gasteiger partial charge in [-0.2, -0.15) is 0 Å². The second kappa shape index (κ2) is 7.04. The van der Waals surface area contributed by atoms with Crippen molar-refractivity contribution >= 4 is 23.2 Å². The summed E-state index contributed by atoms with van der Waals surface area (Å²) in [6, 6.07) is 3.59. The van der Waals surface area contributed by atoms with Gasteiger partial charge in [0.2, 0.25) is 5.91 Å². The van der Waals surface area contributed by atoms with Crippen LogP contribution in [0, 0.1) is 0 Å². The summed E-state index contributed by atoms with van der Waals surface area (Å²) >= 11 is 1.37. The molecule has 0 aromatic carbocycles. The fourth-order valence-electron chi connectivity index (χ4n) is 2.70. The first-order valence-electron chi connectivity index (χ1n) is 7.98. The van der Waals surface area contributed by atoms with Gasteiger partial charge in [0.15, 0.2) is 10.8 Å². The molecule has 3 aromatic heterocycles. The molecule has 3 aromatic rings. The normalized spacial score (nSPS) is 14.6. The van der Waals surface area contributed by atoms with Crippen LogP contribution < -0.4 is 0 Å². The molecule has 2 amide bonds. The number of thiazole rings is 1. The Bertz CT molecular complexity index is 882. The van der Waals surface area contributed by atoms with Crippen LogP contribution in [0.3, 0.4) is 0 Å². The Kier molecular flexibility index (Phi) is 4.44. The maximum absolute atomic E-state index is 12.6. The Morgan fingerprint density at radius 3 is 2.69 bits per heavy atom. The summed E-state index contributed by atoms with van der Waals surface area (Å²) in [7, 11) is 0. The number of carbonyl (C=O) groups excluding carboxylic acids is 2. The highest BCUT2D eigenvalue weighted by atomic mass is 32.1. The quantitative estimate of drug-likeness (QED) is 0.650. The smallest absolute Gasteiger partial charge is 0.273 e. The summed E-state index contributed by atoms with van der Waals surface area (Å²) < 4.78 is 6.68. The number of hydrogen-bond donors (Lipinski definition) is 0. The van der Waals surface area contributed by atoms with E-state index in [4.69, 9.17) is 4.42 Å². The van der Waals surface area contributed by atoms with E-state index < -0.39 is 0 Å². The minimum atomic E-state index is -0.133. The zero-order valence-electron chi connectivity index (χ0n) is 13.7. The lowest BCUT2D eigenvalue weighted by Gasteiger charge is -2.34. The predicted octanol–water partition coefficient (Wildman–Crippen LogP) is 0.374. The molecule has 0 bridgehead atoms. The molecule has 1 aliphatic heterocycles. The van der Waals surface area contributed by atoms with Gasteiger partial charge in [-0.15, -0.1) is 16.4 Å². The van der Waals surface area contributed by atoms with E-state index >= 15 is 0 Å². The Balaban J connectivity index is 1.34. The van der Waals surface area contributed by atoms with Crippen LogP contribution >= 0.6 is 11.3 Å². The number of piperazine rings is 1. The molecule has 4 heterocycles. The van der Waals surface area contributed by atoms with Crippen molar-refractivity contribution in [3.8, 4) is 10.8 Å². The molecule has 0 saturated carbocycles. The molecule has 26 heavy (non-hydrogen) atoms. The molecule has 0 unspecified atom stereocenters. The SMILES string of the molecule is O=C(Cn1cnnn1)N1CCN(C(=O)c2csc(-c3ccco3)n2)CC1. The van der Waals surface area contributed by atoms with Gasteiger partial charge in [0.25, 0.3) is 5.91 Å². The van der Waals surface area contributed by atoms with Gasteiger partial charge in [0, 0.05) is 31.6 Å². The Morgan fingerprint density at radius 1 is 1.19 bits per heavy atom. The molecule has 1 aliphatic rings. The van der Waals surface area contributed by atoms with Gasteiger partial charge in [-0.1, -0.05) is 0 Å². The number of rotatable bonds is 4. The van der Waals surface area contributed by atoms with E-state index in [2.05, 4.69) is 20.5 Å². The van der Waals surface area contributed by atoms with Gasteiger partial charge >= 0.3 is 0 Å². The van der Waals surface area contributed by atoms with Crippen LogP contribution in [0.15, 0.2) is 34.5 Å². The monoisotopic (exact) mass is 373 g/mol. The van der Waals surface area contributed by atoms with Crippen LogP contribution in [0.5, 0.6) is 0 Å². The van der Waals surface area contributed by atoms with Gasteiger partial charge in [-0.3, -0.25) is 9.59 Å². The topological polar surface area (TPSA) is 110 Å². The summed E-state index contributed by atoms with van der Waals surface area (Å²) in [4.78, 5) is 32.6. The van der Waals surface area contributed by atoms with Crippen molar-refractivity contribution in [2.75, 3.05) is 26.2 Å². The van der Waals surface area contributed by atoms with Crippen LogP contribution in [-0.4, -0.2) is 73.0 Å². The minimum Gasteiger partial charge on any atom is -0.462 e. The van der Waals surface area contributed by atoms with Gasteiger partial charge in [0.05, 0.1) is 6.26 Å². The largest absolute Gasteiger partial charge is 0.462 e. The summed E-state index contributed by atoms with van der Waals surface area (Å²) in [5.74, 6) is 0.442. The lowest BCUT2D eigenvalue weighted by atomic mass is 10.3. The molecular weight excluding hydrogens is 358 g/mol. The first-order chi connectivity index (χ1) is 12.7. The third-order valence-electron chi connectivity index (χ3n) is 4.06. The summed E-state index contributed by atoms with van der Waals surface area (Å²) in [5, 5.41) is 13.1. The third kappa shape index (κ3) is 3.33. The second-order valence-electron chi connectivity index (χ2n) is 5.70. The second-order valence-corrected chi connectivity index (χ2v) is 6.55. The van der Waals surface area contributed by atoms with Crippen molar-refractivity contribution in [1.82, 2.24) is 35.0 Å². The van der Waals surface area contributed by atoms with Gasteiger partial charge < -0.3 is 14.2 Å². The van der Waals surface area contributed by atoms with Gasteiger partial charge in [-0.25, -0.2) is 9.67 Å². The lowest BCUT2D eigenvalue weighted by Crippen LogP contribution is -2.51. The number of tetrazole rings is 1. The number of nitrogens with zero attached hydrogens (tertiary/aromatic N) is 7. The summed E-state index contributed by atoms with van der Waals surface area (Å²) in [5.41, 5.74) is 0.398. The predicted molar refractivity (Wildman–Crippen MR) is 90.1 cm³/mol. The fraction of sp³-hybridized carbons (Fsp3) is 0.333. The first-order valence-corrected chi connectivity index (χ1v) is 8.86. The molecule has 4 rings (SSSR count). The number of amides is 2. The van der Waals surface area contributed by atoms with Crippen LogP contribution in [0.4, 0.5) is 0 Å². The zero-order valence-corrected chi connectivity index (χ0v) is 14.5. The maximum Gasteiger partial charge on any atom is 0.273 e. The fourth-order valence-corrected chi connectivity index (χ4v) is 3.46. The number of hydrogen-bond acceptors (Lipinski definition) is 8. The van der Waals surface area contributed by atoms with E-state index in [0.717, 1.165) is 0 Å². The molecule has 0 aliphatic carbocycles. The Morgan fingerprint density at radius 2 is 2.00 bits per heavy atom. The minimum absolute atomic E-state index is 0.0711. The molecule has 0 radical (unpaired) electrons. The molecule has 0 N–H and O–H groups in total. The maximum atomic E-state index is 12.6. The average molecular weight is 373 g/mol. The number of furan rings is 1. The molecular formula is C15H15N7O3S. The highest BCUT2D eigenvalue weighted by Gasteiger charge is 2.26. The van der Waals surface area contributed by atoms with E-state index in [0.29, 0.717) is 42.6 Å². The zero-order chi connectivity index (χ0) is 17.9. The number of aromatic nitrogens is 5. The van der Waals surface area contributed by atoms with Crippen LogP contribution in [0.2, 0.25) is 0 Å². The van der Waals surface area contributed by atoms with E-state index in [9.17, 15) is 9.59 Å². The van der Waals surface area contributed by atoms with Crippen molar-refractivity contribution < 1.29 is 14.0 Å². The number of carbonyl (C=O) groups is 2.